The van der Waals surface area contributed by atoms with Gasteiger partial charge in [-0.05, 0) is 39.2 Å². The quantitative estimate of drug-likeness (QED) is 0.244. The van der Waals surface area contributed by atoms with Crippen LogP contribution in [0.5, 0.6) is 5.75 Å². The van der Waals surface area contributed by atoms with Crippen LogP contribution >= 0.6 is 0 Å². The number of amides is 1. The summed E-state index contributed by atoms with van der Waals surface area (Å²) in [5, 5.41) is 26.3. The molecule has 9 heteroatoms. The lowest BCUT2D eigenvalue weighted by atomic mass is 9.94. The molecular formula is C25H38N4O5. The minimum absolute atomic E-state index is 0.107. The molecule has 0 heterocycles. The zero-order valence-corrected chi connectivity index (χ0v) is 21.4. The lowest BCUT2D eigenvalue weighted by Crippen LogP contribution is -2.46. The molecule has 1 unspecified atom stereocenters. The van der Waals surface area contributed by atoms with Crippen molar-refractivity contribution in [3.8, 4) is 18.1 Å². The molecule has 0 aromatic heterocycles. The fraction of sp³-hybridized carbons (Fsp3) is 0.440. The molecule has 0 spiro atoms. The first-order valence-electron chi connectivity index (χ1n) is 10.8. The Bertz CT molecular complexity index is 930. The number of nitrogens with zero attached hydrogens (tertiary/aromatic N) is 2. The number of hydrogen-bond donors (Lipinski definition) is 4. The number of carbonyl (C=O) groups is 2. The lowest BCUT2D eigenvalue weighted by Gasteiger charge is -2.30. The molecule has 1 aromatic rings. The third-order valence-electron chi connectivity index (χ3n) is 4.37. The number of likely N-dealkylation sites (N-methyl/N-ethyl adjacent to an activating group) is 1. The van der Waals surface area contributed by atoms with E-state index < -0.39 is 11.9 Å². The van der Waals surface area contributed by atoms with Crippen molar-refractivity contribution in [3.05, 3.63) is 47.0 Å². The van der Waals surface area contributed by atoms with Crippen LogP contribution in [-0.4, -0.2) is 86.2 Å². The number of ether oxygens (including phenoxy) is 1. The maximum Gasteiger partial charge on any atom is 0.257 e. The van der Waals surface area contributed by atoms with Gasteiger partial charge in [0.25, 0.3) is 5.91 Å². The number of aliphatic hydroxyl groups excluding tert-OH is 1. The van der Waals surface area contributed by atoms with Crippen LogP contribution in [-0.2, 0) is 9.53 Å². The molecule has 9 nitrogen and oxygen atoms in total. The van der Waals surface area contributed by atoms with Gasteiger partial charge in [0, 0.05) is 20.6 Å². The number of aliphatic hydroxyl groups is 1. The molecule has 0 saturated heterocycles. The molecule has 1 aliphatic carbocycles. The summed E-state index contributed by atoms with van der Waals surface area (Å²) in [5.74, 6) is 1.76. The first kappa shape index (κ1) is 30.5. The normalized spacial score (nSPS) is 14.6. The number of para-hydroxylation sites is 1. The average Bonchev–Trinajstić information content (AvgIpc) is 2.82. The van der Waals surface area contributed by atoms with Crippen molar-refractivity contribution in [3.63, 3.8) is 0 Å². The molecule has 1 atom stereocenters. The second-order valence-electron chi connectivity index (χ2n) is 7.36. The van der Waals surface area contributed by atoms with Crippen molar-refractivity contribution in [2.45, 2.75) is 26.9 Å². The second kappa shape index (κ2) is 15.4. The summed E-state index contributed by atoms with van der Waals surface area (Å²) in [5.41, 5.74) is 0.731. The molecule has 0 bridgehead atoms. The number of Topliss-reactive ketones (excluding diaryl/α,β-unsaturated/α-hetero) is 1. The van der Waals surface area contributed by atoms with E-state index in [1.54, 1.807) is 40.3 Å². The van der Waals surface area contributed by atoms with Crippen LogP contribution in [0.3, 0.4) is 0 Å². The number of rotatable bonds is 9. The molecule has 188 valence electrons. The van der Waals surface area contributed by atoms with Crippen LogP contribution in [0.25, 0.3) is 0 Å². The number of phenols is 1. The SMILES string of the molecule is C#CC.CC.CO/C(=C\CN(C)C)CNC1=C(Nc2cccc(C(=O)N(C)C)c2O)C(=O)C1O. The maximum absolute atomic E-state index is 12.2. The van der Waals surface area contributed by atoms with E-state index >= 15 is 0 Å². The van der Waals surface area contributed by atoms with Crippen LogP contribution in [0.2, 0.25) is 0 Å². The van der Waals surface area contributed by atoms with Gasteiger partial charge in [-0.1, -0.05) is 19.9 Å². The number of aromatic hydroxyl groups is 1. The van der Waals surface area contributed by atoms with Gasteiger partial charge in [0.05, 0.1) is 30.6 Å². The molecule has 2 rings (SSSR count). The topological polar surface area (TPSA) is 114 Å². The summed E-state index contributed by atoms with van der Waals surface area (Å²) in [7, 11) is 8.56. The Labute approximate surface area is 203 Å². The predicted octanol–water partition coefficient (Wildman–Crippen LogP) is 2.01. The standard InChI is InChI=1S/C20H28N4O5.C3H4.C2H6/c1-23(2)10-9-12(29-5)11-21-15-16(19(27)18(15)26)22-14-8-6-7-13(17(14)25)20(28)24(3)4;1-3-2;1-2/h6-9,18,21-22,25-26H,10-11H2,1-5H3;1H,2H3;1-2H3/b12-9-;;. The largest absolute Gasteiger partial charge is 0.505 e. The number of methoxy groups -OCH3 is 1. The highest BCUT2D eigenvalue weighted by molar-refractivity contribution is 6.11. The zero-order valence-electron chi connectivity index (χ0n) is 21.4. The number of ketones is 1. The molecule has 0 saturated carbocycles. The molecule has 0 aliphatic heterocycles. The molecule has 0 fully saturated rings. The van der Waals surface area contributed by atoms with E-state index in [2.05, 4.69) is 23.0 Å². The van der Waals surface area contributed by atoms with Crippen LogP contribution < -0.4 is 10.6 Å². The zero-order chi connectivity index (χ0) is 26.4. The number of benzene rings is 1. The molecule has 4 N–H and O–H groups in total. The molecule has 1 aromatic carbocycles. The van der Waals surface area contributed by atoms with Crippen molar-refractivity contribution in [2.75, 3.05) is 53.7 Å². The summed E-state index contributed by atoms with van der Waals surface area (Å²) in [6, 6.07) is 4.63. The van der Waals surface area contributed by atoms with Crippen molar-refractivity contribution in [1.82, 2.24) is 15.1 Å². The molecule has 1 aliphatic rings. The molecule has 1 amide bonds. The fourth-order valence-electron chi connectivity index (χ4n) is 2.66. The van der Waals surface area contributed by atoms with Gasteiger partial charge in [-0.3, -0.25) is 9.59 Å². The molecule has 0 radical (unpaired) electrons. The number of carbonyl (C=O) groups excluding carboxylic acids is 2. The van der Waals surface area contributed by atoms with Gasteiger partial charge in [0.15, 0.2) is 11.9 Å². The van der Waals surface area contributed by atoms with Crippen molar-refractivity contribution in [1.29, 1.82) is 0 Å². The van der Waals surface area contributed by atoms with Gasteiger partial charge in [0.1, 0.15) is 11.5 Å². The highest BCUT2D eigenvalue weighted by Gasteiger charge is 2.38. The van der Waals surface area contributed by atoms with Crippen molar-refractivity contribution >= 4 is 17.4 Å². The van der Waals surface area contributed by atoms with Gasteiger partial charge >= 0.3 is 0 Å². The minimum Gasteiger partial charge on any atom is -0.505 e. The first-order chi connectivity index (χ1) is 16.1. The summed E-state index contributed by atoms with van der Waals surface area (Å²) in [6.07, 6.45) is 5.20. The van der Waals surface area contributed by atoms with Crippen LogP contribution in [0.1, 0.15) is 31.1 Å². The third-order valence-corrected chi connectivity index (χ3v) is 4.37. The van der Waals surface area contributed by atoms with Gasteiger partial charge < -0.3 is 35.4 Å². The molecular weight excluding hydrogens is 436 g/mol. The summed E-state index contributed by atoms with van der Waals surface area (Å²) >= 11 is 0. The Morgan fingerprint density at radius 1 is 1.26 bits per heavy atom. The van der Waals surface area contributed by atoms with E-state index in [-0.39, 0.29) is 35.1 Å². The Morgan fingerprint density at radius 3 is 2.35 bits per heavy atom. The molecule has 34 heavy (non-hydrogen) atoms. The minimum atomic E-state index is -1.28. The number of anilines is 1. The number of nitrogens with one attached hydrogen (secondary N) is 2. The average molecular weight is 475 g/mol. The van der Waals surface area contributed by atoms with Crippen LogP contribution in [0.4, 0.5) is 5.69 Å². The number of terminal acetylenes is 1. The smallest absolute Gasteiger partial charge is 0.257 e. The highest BCUT2D eigenvalue weighted by atomic mass is 16.5. The van der Waals surface area contributed by atoms with E-state index in [4.69, 9.17) is 4.74 Å². The summed E-state index contributed by atoms with van der Waals surface area (Å²) in [4.78, 5) is 27.6. The van der Waals surface area contributed by atoms with Gasteiger partial charge in [-0.15, -0.1) is 12.3 Å². The van der Waals surface area contributed by atoms with Crippen LogP contribution in [0.15, 0.2) is 41.4 Å². The Kier molecular flexibility index (Phi) is 13.8. The van der Waals surface area contributed by atoms with Gasteiger partial charge in [0.2, 0.25) is 5.78 Å². The Balaban J connectivity index is 0.00000201. The third kappa shape index (κ3) is 8.46. The van der Waals surface area contributed by atoms with Crippen molar-refractivity contribution < 1.29 is 24.5 Å². The first-order valence-corrected chi connectivity index (χ1v) is 10.8. The monoisotopic (exact) mass is 474 g/mol. The number of hydrogen-bond acceptors (Lipinski definition) is 8. The Hall–Kier alpha value is -3.48. The van der Waals surface area contributed by atoms with Crippen LogP contribution in [0, 0.1) is 12.3 Å². The highest BCUT2D eigenvalue weighted by Crippen LogP contribution is 2.32. The van der Waals surface area contributed by atoms with E-state index in [9.17, 15) is 19.8 Å². The van der Waals surface area contributed by atoms with E-state index in [1.165, 1.54) is 11.0 Å². The summed E-state index contributed by atoms with van der Waals surface area (Å²) < 4.78 is 5.30. The van der Waals surface area contributed by atoms with Gasteiger partial charge in [-0.25, -0.2) is 0 Å². The fourth-order valence-corrected chi connectivity index (χ4v) is 2.66. The lowest BCUT2D eigenvalue weighted by molar-refractivity contribution is -0.124. The predicted molar refractivity (Wildman–Crippen MR) is 135 cm³/mol. The van der Waals surface area contributed by atoms with Crippen molar-refractivity contribution in [2.24, 2.45) is 0 Å². The second-order valence-corrected chi connectivity index (χ2v) is 7.36. The Morgan fingerprint density at radius 2 is 1.85 bits per heavy atom. The number of phenolic OH excluding ortho intramolecular Hbond substituents is 1. The summed E-state index contributed by atoms with van der Waals surface area (Å²) in [6.45, 7) is 6.61. The van der Waals surface area contributed by atoms with Gasteiger partial charge in [-0.2, -0.15) is 0 Å². The maximum atomic E-state index is 12.2. The van der Waals surface area contributed by atoms with E-state index in [0.29, 0.717) is 18.0 Å². The van der Waals surface area contributed by atoms with E-state index in [0.717, 1.165) is 0 Å². The van der Waals surface area contributed by atoms with E-state index in [1.807, 2.05) is 38.9 Å².